The van der Waals surface area contributed by atoms with Gasteiger partial charge in [-0.3, -0.25) is 0 Å². The van der Waals surface area contributed by atoms with Gasteiger partial charge in [-0.2, -0.15) is 4.98 Å². The molecule has 3 aromatic rings. The summed E-state index contributed by atoms with van der Waals surface area (Å²) in [6, 6.07) is 16.0. The first-order valence-electron chi connectivity index (χ1n) is 8.96. The maximum Gasteiger partial charge on any atom is 0.229 e. The van der Waals surface area contributed by atoms with Crippen LogP contribution in [0.4, 0.5) is 23.1 Å². The van der Waals surface area contributed by atoms with Gasteiger partial charge in [0.25, 0.3) is 0 Å². The molecular weight excluding hydrogens is 340 g/mol. The van der Waals surface area contributed by atoms with Crippen molar-refractivity contribution < 1.29 is 9.47 Å². The Bertz CT molecular complexity index is 945. The molecule has 6 nitrogen and oxygen atoms in total. The summed E-state index contributed by atoms with van der Waals surface area (Å²) in [5.41, 5.74) is 3.33. The second-order valence-electron chi connectivity index (χ2n) is 6.31. The molecule has 0 saturated carbocycles. The second kappa shape index (κ2) is 7.53. The van der Waals surface area contributed by atoms with E-state index < -0.39 is 0 Å². The van der Waals surface area contributed by atoms with Gasteiger partial charge in [0.05, 0.1) is 19.9 Å². The third-order valence-electron chi connectivity index (χ3n) is 4.68. The van der Waals surface area contributed by atoms with Crippen molar-refractivity contribution >= 4 is 23.1 Å². The highest BCUT2D eigenvalue weighted by Gasteiger charge is 2.19. The first kappa shape index (κ1) is 17.1. The number of ether oxygens (including phenoxy) is 2. The van der Waals surface area contributed by atoms with Crippen LogP contribution in [0.5, 0.6) is 11.5 Å². The van der Waals surface area contributed by atoms with E-state index in [0.29, 0.717) is 11.7 Å². The topological polar surface area (TPSA) is 59.5 Å². The van der Waals surface area contributed by atoms with Crippen LogP contribution in [0.1, 0.15) is 12.0 Å². The number of rotatable bonds is 5. The van der Waals surface area contributed by atoms with Gasteiger partial charge < -0.3 is 19.7 Å². The lowest BCUT2D eigenvalue weighted by molar-refractivity contribution is 0.405. The van der Waals surface area contributed by atoms with Crippen LogP contribution < -0.4 is 19.7 Å². The molecule has 2 aromatic carbocycles. The van der Waals surface area contributed by atoms with Crippen molar-refractivity contribution in [3.63, 3.8) is 0 Å². The molecule has 0 radical (unpaired) electrons. The average Bonchev–Trinajstić information content (AvgIpc) is 2.73. The van der Waals surface area contributed by atoms with Crippen molar-refractivity contribution in [1.82, 2.24) is 9.97 Å². The molecule has 0 bridgehead atoms. The molecule has 27 heavy (non-hydrogen) atoms. The SMILES string of the molecule is COc1ccc(OC)c(Nc2nccc(N3CCCc4ccccc43)n2)c1. The molecule has 0 atom stereocenters. The normalized spacial score (nSPS) is 13.0. The molecule has 138 valence electrons. The molecule has 0 amide bonds. The number of aryl methyl sites for hydroxylation is 1. The van der Waals surface area contributed by atoms with Crippen molar-refractivity contribution in [2.75, 3.05) is 31.0 Å². The van der Waals surface area contributed by atoms with Gasteiger partial charge in [-0.15, -0.1) is 0 Å². The molecular formula is C21H22N4O2. The number of methoxy groups -OCH3 is 2. The predicted molar refractivity (Wildman–Crippen MR) is 107 cm³/mol. The van der Waals surface area contributed by atoms with E-state index in [-0.39, 0.29) is 0 Å². The van der Waals surface area contributed by atoms with Crippen LogP contribution in [-0.2, 0) is 6.42 Å². The highest BCUT2D eigenvalue weighted by atomic mass is 16.5. The summed E-state index contributed by atoms with van der Waals surface area (Å²) in [5.74, 6) is 2.83. The molecule has 1 aliphatic heterocycles. The zero-order valence-electron chi connectivity index (χ0n) is 15.5. The zero-order chi connectivity index (χ0) is 18.6. The van der Waals surface area contributed by atoms with Crippen molar-refractivity contribution in [3.05, 3.63) is 60.3 Å². The largest absolute Gasteiger partial charge is 0.497 e. The Morgan fingerprint density at radius 2 is 1.93 bits per heavy atom. The molecule has 1 aromatic heterocycles. The average molecular weight is 362 g/mol. The van der Waals surface area contributed by atoms with Crippen molar-refractivity contribution in [2.45, 2.75) is 12.8 Å². The summed E-state index contributed by atoms with van der Waals surface area (Å²) in [6.45, 7) is 0.940. The third-order valence-corrected chi connectivity index (χ3v) is 4.68. The summed E-state index contributed by atoms with van der Waals surface area (Å²) < 4.78 is 10.7. The van der Waals surface area contributed by atoms with E-state index in [9.17, 15) is 0 Å². The molecule has 0 unspecified atom stereocenters. The van der Waals surface area contributed by atoms with E-state index in [1.54, 1.807) is 20.4 Å². The zero-order valence-corrected chi connectivity index (χ0v) is 15.5. The van der Waals surface area contributed by atoms with Gasteiger partial charge in [-0.25, -0.2) is 4.98 Å². The summed E-state index contributed by atoms with van der Waals surface area (Å²) in [4.78, 5) is 11.3. The number of hydrogen-bond acceptors (Lipinski definition) is 6. The Hall–Kier alpha value is -3.28. The van der Waals surface area contributed by atoms with Crippen LogP contribution in [0.25, 0.3) is 0 Å². The van der Waals surface area contributed by atoms with Gasteiger partial charge >= 0.3 is 0 Å². The summed E-state index contributed by atoms with van der Waals surface area (Å²) in [6.07, 6.45) is 3.98. The highest BCUT2D eigenvalue weighted by Crippen LogP contribution is 2.34. The molecule has 0 saturated heterocycles. The summed E-state index contributed by atoms with van der Waals surface area (Å²) in [5, 5.41) is 3.25. The predicted octanol–water partition coefficient (Wildman–Crippen LogP) is 4.32. The summed E-state index contributed by atoms with van der Waals surface area (Å²) >= 11 is 0. The lowest BCUT2D eigenvalue weighted by atomic mass is 10.0. The quantitative estimate of drug-likeness (QED) is 0.729. The van der Waals surface area contributed by atoms with Gasteiger partial charge in [-0.05, 0) is 42.7 Å². The van der Waals surface area contributed by atoms with Gasteiger partial charge in [0, 0.05) is 24.5 Å². The van der Waals surface area contributed by atoms with E-state index >= 15 is 0 Å². The van der Waals surface area contributed by atoms with Gasteiger partial charge in [0.15, 0.2) is 0 Å². The Balaban J connectivity index is 1.65. The van der Waals surface area contributed by atoms with Crippen LogP contribution >= 0.6 is 0 Å². The van der Waals surface area contributed by atoms with Gasteiger partial charge in [0.1, 0.15) is 17.3 Å². The standard InChI is InChI=1S/C21H22N4O2/c1-26-16-9-10-19(27-2)17(14-16)23-21-22-12-11-20(24-21)25-13-5-7-15-6-3-4-8-18(15)25/h3-4,6,8-12,14H,5,7,13H2,1-2H3,(H,22,23,24). The number of para-hydroxylation sites is 1. The molecule has 0 aliphatic carbocycles. The minimum absolute atomic E-state index is 0.516. The number of nitrogens with zero attached hydrogens (tertiary/aromatic N) is 3. The fourth-order valence-electron chi connectivity index (χ4n) is 3.36. The first-order valence-corrected chi connectivity index (χ1v) is 8.96. The minimum atomic E-state index is 0.516. The van der Waals surface area contributed by atoms with Crippen molar-refractivity contribution in [1.29, 1.82) is 0 Å². The van der Waals surface area contributed by atoms with Crippen LogP contribution in [0.3, 0.4) is 0 Å². The molecule has 1 aliphatic rings. The van der Waals surface area contributed by atoms with Crippen LogP contribution in [0.2, 0.25) is 0 Å². The third kappa shape index (κ3) is 3.51. The number of anilines is 4. The fourth-order valence-corrected chi connectivity index (χ4v) is 3.36. The number of hydrogen-bond donors (Lipinski definition) is 1. The Morgan fingerprint density at radius 1 is 1.04 bits per heavy atom. The monoisotopic (exact) mass is 362 g/mol. The number of aromatic nitrogens is 2. The smallest absolute Gasteiger partial charge is 0.229 e. The highest BCUT2D eigenvalue weighted by molar-refractivity contribution is 5.68. The van der Waals surface area contributed by atoms with Crippen LogP contribution in [0, 0.1) is 0 Å². The van der Waals surface area contributed by atoms with E-state index in [1.165, 1.54) is 11.3 Å². The Labute approximate surface area is 158 Å². The molecule has 0 fully saturated rings. The van der Waals surface area contributed by atoms with E-state index in [4.69, 9.17) is 14.5 Å². The van der Waals surface area contributed by atoms with Gasteiger partial charge in [-0.1, -0.05) is 18.2 Å². The number of nitrogens with one attached hydrogen (secondary N) is 1. The van der Waals surface area contributed by atoms with Crippen molar-refractivity contribution in [2.24, 2.45) is 0 Å². The minimum Gasteiger partial charge on any atom is -0.497 e. The lowest BCUT2D eigenvalue weighted by Gasteiger charge is -2.30. The molecule has 1 N–H and O–H groups in total. The Morgan fingerprint density at radius 3 is 2.78 bits per heavy atom. The van der Waals surface area contributed by atoms with Crippen LogP contribution in [0.15, 0.2) is 54.7 Å². The Kier molecular flexibility index (Phi) is 4.78. The molecule has 4 rings (SSSR count). The van der Waals surface area contributed by atoms with E-state index in [2.05, 4.69) is 39.5 Å². The van der Waals surface area contributed by atoms with Crippen molar-refractivity contribution in [3.8, 4) is 11.5 Å². The fraction of sp³-hybridized carbons (Fsp3) is 0.238. The van der Waals surface area contributed by atoms with Crippen LogP contribution in [-0.4, -0.2) is 30.7 Å². The maximum atomic E-state index is 5.43. The number of benzene rings is 2. The van der Waals surface area contributed by atoms with E-state index in [0.717, 1.165) is 36.6 Å². The van der Waals surface area contributed by atoms with Gasteiger partial charge in [0.2, 0.25) is 5.95 Å². The molecule has 0 spiro atoms. The number of fused-ring (bicyclic) bond motifs is 1. The first-order chi connectivity index (χ1) is 13.3. The molecule has 6 heteroatoms. The second-order valence-corrected chi connectivity index (χ2v) is 6.31. The lowest BCUT2D eigenvalue weighted by Crippen LogP contribution is -2.25. The molecule has 2 heterocycles. The van der Waals surface area contributed by atoms with E-state index in [1.807, 2.05) is 24.3 Å². The maximum absolute atomic E-state index is 5.43. The summed E-state index contributed by atoms with van der Waals surface area (Å²) in [7, 11) is 3.27.